The third-order valence-electron chi connectivity index (χ3n) is 18.4. The molecule has 8 heteroatoms. The Balaban J connectivity index is 1.13. The van der Waals surface area contributed by atoms with Gasteiger partial charge in [0.1, 0.15) is 6.10 Å². The first-order valence-electron chi connectivity index (χ1n) is 21.6. The molecule has 0 radical (unpaired) electrons. The van der Waals surface area contributed by atoms with Crippen LogP contribution in [-0.4, -0.2) is 72.3 Å². The summed E-state index contributed by atoms with van der Waals surface area (Å²) in [7, 11) is 0. The van der Waals surface area contributed by atoms with Gasteiger partial charge in [-0.3, -0.25) is 19.3 Å². The number of nitrogens with zero attached hydrogens (tertiary/aromatic N) is 1. The van der Waals surface area contributed by atoms with Crippen LogP contribution in [0.2, 0.25) is 0 Å². The minimum absolute atomic E-state index is 0.108. The monoisotopic (exact) mass is 739 g/mol. The molecule has 300 valence electrons. The molecule has 1 heterocycles. The highest BCUT2D eigenvalue weighted by Crippen LogP contribution is 2.79. The van der Waals surface area contributed by atoms with Gasteiger partial charge in [0.05, 0.1) is 30.5 Å². The molecule has 6 saturated carbocycles. The van der Waals surface area contributed by atoms with Gasteiger partial charge in [0.15, 0.2) is 0 Å². The molecule has 7 fully saturated rings. The summed E-state index contributed by atoms with van der Waals surface area (Å²) in [4.78, 5) is 42.4. The van der Waals surface area contributed by atoms with Crippen LogP contribution in [0.25, 0.3) is 0 Å². The smallest absolute Gasteiger partial charge is 0.309 e. The van der Waals surface area contributed by atoms with E-state index in [2.05, 4.69) is 65.6 Å². The predicted octanol–water partition coefficient (Wildman–Crippen LogP) is 8.51. The Morgan fingerprint density at radius 3 is 2.09 bits per heavy atom. The predicted molar refractivity (Wildman–Crippen MR) is 207 cm³/mol. The normalized spacial score (nSPS) is 43.4. The maximum Gasteiger partial charge on any atom is 0.309 e. The van der Waals surface area contributed by atoms with E-state index in [9.17, 15) is 14.7 Å². The number of amides is 1. The van der Waals surface area contributed by atoms with Gasteiger partial charge >= 0.3 is 11.9 Å². The molecule has 0 aromatic heterocycles. The third kappa shape index (κ3) is 6.23. The number of carboxylic acid groups (broad SMARTS) is 1. The number of aliphatic carboxylic acids is 1. The first-order valence-corrected chi connectivity index (χ1v) is 21.6. The fourth-order valence-electron chi connectivity index (χ4n) is 14.9. The van der Waals surface area contributed by atoms with Crippen LogP contribution in [0.4, 0.5) is 0 Å². The Morgan fingerprint density at radius 2 is 1.45 bits per heavy atom. The highest BCUT2D eigenvalue weighted by Gasteiger charge is 2.73. The maximum atomic E-state index is 15.0. The summed E-state index contributed by atoms with van der Waals surface area (Å²) in [6.07, 6.45) is 13.3. The Bertz CT molecular complexity index is 1460. The molecule has 6 aliphatic carbocycles. The van der Waals surface area contributed by atoms with Crippen LogP contribution in [0.1, 0.15) is 153 Å². The zero-order chi connectivity index (χ0) is 38.6. The van der Waals surface area contributed by atoms with E-state index < -0.39 is 11.4 Å². The zero-order valence-corrected chi connectivity index (χ0v) is 35.1. The fourth-order valence-corrected chi connectivity index (χ4v) is 14.9. The minimum atomic E-state index is -1.14. The number of morpholine rings is 1. The van der Waals surface area contributed by atoms with Crippen LogP contribution >= 0.6 is 0 Å². The molecule has 2 N–H and O–H groups in total. The summed E-state index contributed by atoms with van der Waals surface area (Å²) in [5, 5.41) is 13.3. The van der Waals surface area contributed by atoms with Crippen LogP contribution in [0.3, 0.4) is 0 Å². The van der Waals surface area contributed by atoms with Crippen LogP contribution in [0.5, 0.6) is 0 Å². The number of carbonyl (C=O) groups excluding carboxylic acids is 2. The molecule has 1 aliphatic heterocycles. The molecule has 0 unspecified atom stereocenters. The number of carboxylic acids is 1. The van der Waals surface area contributed by atoms with Gasteiger partial charge in [0, 0.05) is 30.6 Å². The van der Waals surface area contributed by atoms with Crippen molar-refractivity contribution in [3.8, 4) is 0 Å². The van der Waals surface area contributed by atoms with Crippen molar-refractivity contribution in [2.45, 2.75) is 164 Å². The number of hydrogen-bond donors (Lipinski definition) is 2. The van der Waals surface area contributed by atoms with Crippen molar-refractivity contribution >= 4 is 17.8 Å². The van der Waals surface area contributed by atoms with Crippen molar-refractivity contribution in [2.24, 2.45) is 67.5 Å². The maximum absolute atomic E-state index is 15.0. The summed E-state index contributed by atoms with van der Waals surface area (Å²) in [6, 6.07) is 0. The largest absolute Gasteiger partial charge is 0.481 e. The molecule has 0 spiro atoms. The number of hydrogen-bond acceptors (Lipinski definition) is 6. The number of nitrogens with one attached hydrogen (secondary N) is 1. The fraction of sp³-hybridized carbons (Fsp3) is 0.933. The first-order chi connectivity index (χ1) is 24.5. The van der Waals surface area contributed by atoms with Crippen molar-refractivity contribution in [1.29, 1.82) is 0 Å². The average molecular weight is 739 g/mol. The highest BCUT2D eigenvalue weighted by atomic mass is 16.5. The van der Waals surface area contributed by atoms with Crippen molar-refractivity contribution in [3.05, 3.63) is 0 Å². The molecule has 1 amide bonds. The average Bonchev–Trinajstić information content (AvgIpc) is 3.67. The molecule has 0 aromatic rings. The third-order valence-corrected chi connectivity index (χ3v) is 18.4. The zero-order valence-electron chi connectivity index (χ0n) is 35.1. The van der Waals surface area contributed by atoms with Crippen LogP contribution < -0.4 is 5.32 Å². The molecule has 7 aliphatic rings. The molecule has 53 heavy (non-hydrogen) atoms. The Kier molecular flexibility index (Phi) is 9.65. The van der Waals surface area contributed by atoms with Gasteiger partial charge in [0.2, 0.25) is 5.91 Å². The number of rotatable bonds is 9. The van der Waals surface area contributed by atoms with E-state index in [-0.39, 0.29) is 51.1 Å². The second-order valence-corrected chi connectivity index (χ2v) is 22.6. The van der Waals surface area contributed by atoms with Crippen molar-refractivity contribution in [1.82, 2.24) is 10.2 Å². The van der Waals surface area contributed by atoms with E-state index in [0.29, 0.717) is 40.9 Å². The highest BCUT2D eigenvalue weighted by molar-refractivity contribution is 5.84. The quantitative estimate of drug-likeness (QED) is 0.229. The van der Waals surface area contributed by atoms with E-state index in [0.717, 1.165) is 71.4 Å². The summed E-state index contributed by atoms with van der Waals surface area (Å²) in [5.41, 5.74) is -1.02. The number of esters is 1. The Morgan fingerprint density at radius 1 is 0.774 bits per heavy atom. The number of fused-ring (bicyclic) bond motifs is 7. The molecule has 1 saturated heterocycles. The lowest BCUT2D eigenvalue weighted by molar-refractivity contribution is -0.251. The standard InChI is InChI=1S/C45H74N2O6/c1-38(2,37(50)51)27-34(48)53-33-15-16-42(8)31(40(33,5)6)14-17-44(10)32(42)12-11-30-35-29(41(7)19-20-41)13-18-45(35,22-21-43(30,44)9)36(49)46-39(3,4)28-47-23-25-52-26-24-47/h29-33,35H,11-28H2,1-10H3,(H,46,49)(H,50,51)/t29-,30-,31+,32-,33+,35-,42+,43-,44-,45+/m1/s1. The van der Waals surface area contributed by atoms with Gasteiger partial charge in [-0.1, -0.05) is 41.5 Å². The number of ether oxygens (including phenoxy) is 2. The summed E-state index contributed by atoms with van der Waals surface area (Å²) in [6.45, 7) is 27.0. The van der Waals surface area contributed by atoms with E-state index >= 15 is 4.79 Å². The van der Waals surface area contributed by atoms with Crippen LogP contribution in [-0.2, 0) is 23.9 Å². The molecular weight excluding hydrogens is 665 g/mol. The molecule has 0 bridgehead atoms. The summed E-state index contributed by atoms with van der Waals surface area (Å²) >= 11 is 0. The van der Waals surface area contributed by atoms with E-state index in [1.54, 1.807) is 13.8 Å². The summed E-state index contributed by atoms with van der Waals surface area (Å²) in [5.74, 6) is 1.63. The SMILES string of the molecule is CC(C)(CN1CCOCC1)NC(=O)[C@]12CC[C@@H](C3(C)CC3)[C@@H]1[C@H]1CC[C@@H]3[C@@]4(C)CC[C@H](OC(=O)CC(C)(C)C(=O)O)C(C)(C)[C@@H]4CC[C@@]3(C)[C@]1(C)CC2. The molecular formula is C45H74N2O6. The first kappa shape index (κ1) is 39.6. The topological polar surface area (TPSA) is 105 Å². The number of carbonyl (C=O) groups is 3. The van der Waals surface area contributed by atoms with Gasteiger partial charge in [0.25, 0.3) is 0 Å². The van der Waals surface area contributed by atoms with Crippen molar-refractivity contribution in [2.75, 3.05) is 32.8 Å². The Labute approximate surface area is 321 Å². The summed E-state index contributed by atoms with van der Waals surface area (Å²) < 4.78 is 11.8. The molecule has 7 rings (SSSR count). The van der Waals surface area contributed by atoms with Gasteiger partial charge in [-0.2, -0.15) is 0 Å². The van der Waals surface area contributed by atoms with E-state index in [1.807, 2.05) is 0 Å². The van der Waals surface area contributed by atoms with Gasteiger partial charge in [-0.15, -0.1) is 0 Å². The Hall–Kier alpha value is -1.67. The van der Waals surface area contributed by atoms with E-state index in [1.165, 1.54) is 38.5 Å². The second kappa shape index (κ2) is 12.9. The molecule has 8 nitrogen and oxygen atoms in total. The van der Waals surface area contributed by atoms with Crippen LogP contribution in [0.15, 0.2) is 0 Å². The molecule has 10 atom stereocenters. The minimum Gasteiger partial charge on any atom is -0.481 e. The van der Waals surface area contributed by atoms with Gasteiger partial charge in [-0.05, 0) is 156 Å². The van der Waals surface area contributed by atoms with Gasteiger partial charge in [-0.25, -0.2) is 0 Å². The van der Waals surface area contributed by atoms with Crippen molar-refractivity contribution in [3.63, 3.8) is 0 Å². The lowest BCUT2D eigenvalue weighted by Crippen LogP contribution is -2.68. The van der Waals surface area contributed by atoms with Crippen molar-refractivity contribution < 1.29 is 29.0 Å². The van der Waals surface area contributed by atoms with Gasteiger partial charge < -0.3 is 19.9 Å². The van der Waals surface area contributed by atoms with Crippen LogP contribution in [0, 0.1) is 67.5 Å². The lowest BCUT2D eigenvalue weighted by atomic mass is 9.32. The second-order valence-electron chi connectivity index (χ2n) is 22.6. The molecule has 0 aromatic carbocycles. The van der Waals surface area contributed by atoms with E-state index in [4.69, 9.17) is 9.47 Å². The lowest BCUT2D eigenvalue weighted by Gasteiger charge is -2.73.